The lowest BCUT2D eigenvalue weighted by molar-refractivity contribution is 0.102. The van der Waals surface area contributed by atoms with Crippen molar-refractivity contribution in [1.29, 1.82) is 0 Å². The Morgan fingerprint density at radius 2 is 2.00 bits per heavy atom. The van der Waals surface area contributed by atoms with Crippen LogP contribution in [-0.4, -0.2) is 29.9 Å². The van der Waals surface area contributed by atoms with Crippen molar-refractivity contribution in [2.75, 3.05) is 18.4 Å². The van der Waals surface area contributed by atoms with Crippen LogP contribution < -0.4 is 11.1 Å². The van der Waals surface area contributed by atoms with Gasteiger partial charge in [0.05, 0.1) is 10.6 Å². The maximum absolute atomic E-state index is 12.4. The average Bonchev–Trinajstić information content (AvgIpc) is 2.85. The number of nitrogens with zero attached hydrogens (tertiary/aromatic N) is 1. The van der Waals surface area contributed by atoms with Gasteiger partial charge < -0.3 is 11.1 Å². The molecule has 25 heavy (non-hydrogen) atoms. The van der Waals surface area contributed by atoms with Crippen LogP contribution in [-0.2, 0) is 6.54 Å². The molecule has 0 aromatic heterocycles. The highest BCUT2D eigenvalue weighted by Gasteiger charge is 2.26. The lowest BCUT2D eigenvalue weighted by Crippen LogP contribution is -2.28. The summed E-state index contributed by atoms with van der Waals surface area (Å²) in [4.78, 5) is 14.7. The number of carbonyl (C=O) groups excluding carboxylic acids is 1. The second kappa shape index (κ2) is 8.68. The molecule has 2 atom stereocenters. The van der Waals surface area contributed by atoms with E-state index in [1.54, 1.807) is 18.2 Å². The van der Waals surface area contributed by atoms with Crippen LogP contribution >= 0.6 is 24.0 Å². The molecule has 0 aliphatic carbocycles. The lowest BCUT2D eigenvalue weighted by Gasteiger charge is -2.16. The van der Waals surface area contributed by atoms with Gasteiger partial charge in [-0.2, -0.15) is 0 Å². The van der Waals surface area contributed by atoms with Crippen LogP contribution in [0.25, 0.3) is 0 Å². The number of carbonyl (C=O) groups is 1. The third kappa shape index (κ3) is 4.95. The number of benzene rings is 2. The first-order chi connectivity index (χ1) is 11.5. The third-order valence-electron chi connectivity index (χ3n) is 4.46. The molecule has 0 saturated carbocycles. The summed E-state index contributed by atoms with van der Waals surface area (Å²) in [7, 11) is 0. The highest BCUT2D eigenvalue weighted by molar-refractivity contribution is 6.34. The number of nitrogens with two attached hydrogens (primary N) is 1. The van der Waals surface area contributed by atoms with Crippen molar-refractivity contribution in [1.82, 2.24) is 4.90 Å². The molecule has 2 unspecified atom stereocenters. The van der Waals surface area contributed by atoms with Crippen LogP contribution in [0.15, 0.2) is 48.5 Å². The maximum atomic E-state index is 12.4. The molecule has 4 nitrogen and oxygen atoms in total. The van der Waals surface area contributed by atoms with Gasteiger partial charge in [0.15, 0.2) is 0 Å². The lowest BCUT2D eigenvalue weighted by atomic mass is 10.1. The summed E-state index contributed by atoms with van der Waals surface area (Å²) in [5, 5.41) is 3.37. The summed E-state index contributed by atoms with van der Waals surface area (Å²) < 4.78 is 0. The van der Waals surface area contributed by atoms with Crippen LogP contribution in [0.4, 0.5) is 5.69 Å². The Kier molecular flexibility index (Phi) is 6.85. The number of rotatable bonds is 4. The number of likely N-dealkylation sites (tertiary alicyclic amines) is 1. The number of anilines is 1. The monoisotopic (exact) mass is 379 g/mol. The molecule has 2 aromatic carbocycles. The fraction of sp³-hybridized carbons (Fsp3) is 0.316. The van der Waals surface area contributed by atoms with E-state index in [-0.39, 0.29) is 24.4 Å². The van der Waals surface area contributed by atoms with Gasteiger partial charge in [0, 0.05) is 31.4 Å². The normalized spacial score (nSPS) is 20.1. The molecule has 0 bridgehead atoms. The highest BCUT2D eigenvalue weighted by atomic mass is 35.5. The Morgan fingerprint density at radius 1 is 1.24 bits per heavy atom. The fourth-order valence-electron chi connectivity index (χ4n) is 3.07. The molecule has 2 aromatic rings. The predicted molar refractivity (Wildman–Crippen MR) is 106 cm³/mol. The number of halogens is 2. The van der Waals surface area contributed by atoms with Crippen LogP contribution in [0, 0.1) is 5.92 Å². The second-order valence-electron chi connectivity index (χ2n) is 6.47. The molecular weight excluding hydrogens is 357 g/mol. The summed E-state index contributed by atoms with van der Waals surface area (Å²) in [5.41, 5.74) is 8.49. The third-order valence-corrected chi connectivity index (χ3v) is 4.79. The van der Waals surface area contributed by atoms with Crippen LogP contribution in [0.3, 0.4) is 0 Å². The topological polar surface area (TPSA) is 58.4 Å². The molecular formula is C19H23Cl2N3O. The molecule has 134 valence electrons. The number of hydrogen-bond donors (Lipinski definition) is 2. The fourth-order valence-corrected chi connectivity index (χ4v) is 3.30. The van der Waals surface area contributed by atoms with E-state index in [4.69, 9.17) is 17.3 Å². The van der Waals surface area contributed by atoms with Crippen molar-refractivity contribution in [2.45, 2.75) is 19.5 Å². The molecule has 1 saturated heterocycles. The standard InChI is InChI=1S/C19H22ClN3O.ClH/c1-13-10-23(12-18(13)21)11-14-5-4-6-15(9-14)22-19(24)16-7-2-3-8-17(16)20;/h2-9,13,18H,10-12,21H2,1H3,(H,22,24);1H. The smallest absolute Gasteiger partial charge is 0.257 e. The minimum absolute atomic E-state index is 0. The van der Waals surface area contributed by atoms with E-state index in [1.807, 2.05) is 24.3 Å². The molecule has 3 N–H and O–H groups in total. The quantitative estimate of drug-likeness (QED) is 0.849. The van der Waals surface area contributed by atoms with E-state index in [2.05, 4.69) is 23.2 Å². The zero-order valence-electron chi connectivity index (χ0n) is 14.1. The van der Waals surface area contributed by atoms with Gasteiger partial charge in [-0.15, -0.1) is 12.4 Å². The van der Waals surface area contributed by atoms with Crippen molar-refractivity contribution < 1.29 is 4.79 Å². The molecule has 1 fully saturated rings. The Balaban J connectivity index is 0.00000225. The van der Waals surface area contributed by atoms with Gasteiger partial charge in [0.2, 0.25) is 0 Å². The van der Waals surface area contributed by atoms with Gasteiger partial charge in [0.1, 0.15) is 0 Å². The van der Waals surface area contributed by atoms with Crippen molar-refractivity contribution >= 4 is 35.6 Å². The molecule has 6 heteroatoms. The van der Waals surface area contributed by atoms with Crippen LogP contribution in [0.1, 0.15) is 22.8 Å². The van der Waals surface area contributed by atoms with E-state index in [0.717, 1.165) is 30.9 Å². The van der Waals surface area contributed by atoms with Gasteiger partial charge in [-0.1, -0.05) is 42.8 Å². The minimum Gasteiger partial charge on any atom is -0.326 e. The van der Waals surface area contributed by atoms with Crippen molar-refractivity contribution in [3.8, 4) is 0 Å². The first-order valence-corrected chi connectivity index (χ1v) is 8.53. The summed E-state index contributed by atoms with van der Waals surface area (Å²) in [5.74, 6) is 0.322. The zero-order chi connectivity index (χ0) is 17.1. The highest BCUT2D eigenvalue weighted by Crippen LogP contribution is 2.20. The van der Waals surface area contributed by atoms with Gasteiger partial charge in [-0.3, -0.25) is 9.69 Å². The molecule has 1 heterocycles. The number of amides is 1. The molecule has 1 aliphatic rings. The maximum Gasteiger partial charge on any atom is 0.257 e. The first-order valence-electron chi connectivity index (χ1n) is 8.15. The number of nitrogens with one attached hydrogen (secondary N) is 1. The van der Waals surface area contributed by atoms with Crippen LogP contribution in [0.5, 0.6) is 0 Å². The van der Waals surface area contributed by atoms with Gasteiger partial charge in [-0.25, -0.2) is 0 Å². The molecule has 1 aliphatic heterocycles. The summed E-state index contributed by atoms with van der Waals surface area (Å²) in [6.07, 6.45) is 0. The van der Waals surface area contributed by atoms with Gasteiger partial charge in [0.25, 0.3) is 5.91 Å². The number of hydrogen-bond acceptors (Lipinski definition) is 3. The Hall–Kier alpha value is -1.59. The summed E-state index contributed by atoms with van der Waals surface area (Å²) in [6, 6.07) is 15.2. The van der Waals surface area contributed by atoms with E-state index < -0.39 is 0 Å². The van der Waals surface area contributed by atoms with Gasteiger partial charge in [-0.05, 0) is 35.7 Å². The van der Waals surface area contributed by atoms with E-state index in [0.29, 0.717) is 16.5 Å². The van der Waals surface area contributed by atoms with Crippen LogP contribution in [0.2, 0.25) is 5.02 Å². The Morgan fingerprint density at radius 3 is 2.68 bits per heavy atom. The van der Waals surface area contributed by atoms with Crippen molar-refractivity contribution in [3.05, 3.63) is 64.7 Å². The van der Waals surface area contributed by atoms with Crippen molar-refractivity contribution in [3.63, 3.8) is 0 Å². The molecule has 0 spiro atoms. The molecule has 3 rings (SSSR count). The van der Waals surface area contributed by atoms with Crippen molar-refractivity contribution in [2.24, 2.45) is 11.7 Å². The van der Waals surface area contributed by atoms with E-state index >= 15 is 0 Å². The Labute approximate surface area is 159 Å². The first kappa shape index (κ1) is 19.7. The predicted octanol–water partition coefficient (Wildman–Crippen LogP) is 3.79. The largest absolute Gasteiger partial charge is 0.326 e. The minimum atomic E-state index is -0.199. The molecule has 1 amide bonds. The summed E-state index contributed by atoms with van der Waals surface area (Å²) >= 11 is 6.08. The second-order valence-corrected chi connectivity index (χ2v) is 6.88. The Bertz CT molecular complexity index is 728. The van der Waals surface area contributed by atoms with Gasteiger partial charge >= 0.3 is 0 Å². The average molecular weight is 380 g/mol. The zero-order valence-corrected chi connectivity index (χ0v) is 15.7. The summed E-state index contributed by atoms with van der Waals surface area (Å²) in [6.45, 7) is 4.95. The van der Waals surface area contributed by atoms with E-state index in [9.17, 15) is 4.79 Å². The van der Waals surface area contributed by atoms with E-state index in [1.165, 1.54) is 0 Å². The SMILES string of the molecule is CC1CN(Cc2cccc(NC(=O)c3ccccc3Cl)c2)CC1N.Cl. The molecule has 0 radical (unpaired) electrons.